The summed E-state index contributed by atoms with van der Waals surface area (Å²) in [4.78, 5) is 23.6. The lowest BCUT2D eigenvalue weighted by molar-refractivity contribution is 0.0724. The molecule has 176 valence electrons. The SMILES string of the molecule is CCNC(=NCc1ccc(C(=O)N2CCCCC2)cc1)NCc1ncc(C(C)(C)C)o1.I. The summed E-state index contributed by atoms with van der Waals surface area (Å²) < 4.78 is 5.83. The van der Waals surface area contributed by atoms with Crippen molar-refractivity contribution in [3.63, 3.8) is 0 Å². The number of nitrogens with one attached hydrogen (secondary N) is 2. The Morgan fingerprint density at radius 1 is 1.12 bits per heavy atom. The van der Waals surface area contributed by atoms with Crippen LogP contribution >= 0.6 is 24.0 Å². The number of nitrogens with zero attached hydrogens (tertiary/aromatic N) is 3. The second-order valence-electron chi connectivity index (χ2n) is 8.97. The number of rotatable bonds is 6. The zero-order chi connectivity index (χ0) is 22.3. The third kappa shape index (κ3) is 7.50. The highest BCUT2D eigenvalue weighted by molar-refractivity contribution is 14.0. The maximum Gasteiger partial charge on any atom is 0.253 e. The van der Waals surface area contributed by atoms with Gasteiger partial charge in [-0.1, -0.05) is 32.9 Å². The molecular formula is C24H36IN5O2. The first-order chi connectivity index (χ1) is 14.9. The molecule has 0 spiro atoms. The van der Waals surface area contributed by atoms with Gasteiger partial charge in [0.15, 0.2) is 5.96 Å². The van der Waals surface area contributed by atoms with Gasteiger partial charge in [-0.15, -0.1) is 24.0 Å². The molecule has 0 radical (unpaired) electrons. The summed E-state index contributed by atoms with van der Waals surface area (Å²) in [6.07, 6.45) is 5.21. The molecule has 1 fully saturated rings. The Labute approximate surface area is 208 Å². The first-order valence-electron chi connectivity index (χ1n) is 11.2. The Hall–Kier alpha value is -2.10. The monoisotopic (exact) mass is 553 g/mol. The molecule has 1 aliphatic heterocycles. The fourth-order valence-corrected chi connectivity index (χ4v) is 3.44. The second kappa shape index (κ2) is 12.2. The minimum absolute atomic E-state index is 0. The van der Waals surface area contributed by atoms with Gasteiger partial charge in [0.05, 0.1) is 19.3 Å². The lowest BCUT2D eigenvalue weighted by atomic mass is 9.94. The molecule has 32 heavy (non-hydrogen) atoms. The van der Waals surface area contributed by atoms with E-state index in [2.05, 4.69) is 41.4 Å². The highest BCUT2D eigenvalue weighted by Crippen LogP contribution is 2.22. The van der Waals surface area contributed by atoms with Crippen molar-refractivity contribution >= 4 is 35.8 Å². The minimum atomic E-state index is -0.0641. The van der Waals surface area contributed by atoms with Crippen molar-refractivity contribution in [2.75, 3.05) is 19.6 Å². The molecule has 0 aliphatic carbocycles. The van der Waals surface area contributed by atoms with Crippen molar-refractivity contribution in [1.29, 1.82) is 0 Å². The maximum absolute atomic E-state index is 12.6. The van der Waals surface area contributed by atoms with Crippen LogP contribution in [0.5, 0.6) is 0 Å². The Morgan fingerprint density at radius 2 is 1.81 bits per heavy atom. The number of amides is 1. The van der Waals surface area contributed by atoms with Crippen molar-refractivity contribution in [2.24, 2.45) is 4.99 Å². The number of hydrogen-bond acceptors (Lipinski definition) is 4. The van der Waals surface area contributed by atoms with E-state index in [1.54, 1.807) is 6.20 Å². The Kier molecular flexibility index (Phi) is 9.99. The van der Waals surface area contributed by atoms with Crippen LogP contribution in [0, 0.1) is 0 Å². The number of hydrogen-bond donors (Lipinski definition) is 2. The van der Waals surface area contributed by atoms with Crippen LogP contribution in [0.15, 0.2) is 39.9 Å². The number of aromatic nitrogens is 1. The summed E-state index contributed by atoms with van der Waals surface area (Å²) in [6, 6.07) is 7.77. The summed E-state index contributed by atoms with van der Waals surface area (Å²) in [5, 5.41) is 6.51. The number of carbonyl (C=O) groups excluding carboxylic acids is 1. The molecule has 8 heteroatoms. The zero-order valence-electron chi connectivity index (χ0n) is 19.6. The van der Waals surface area contributed by atoms with Gasteiger partial charge in [-0.3, -0.25) is 4.79 Å². The normalized spacial score (nSPS) is 14.6. The maximum atomic E-state index is 12.6. The van der Waals surface area contributed by atoms with E-state index in [4.69, 9.17) is 4.42 Å². The number of piperidine rings is 1. The quantitative estimate of drug-likeness (QED) is 0.314. The molecule has 1 amide bonds. The van der Waals surface area contributed by atoms with Gasteiger partial charge in [0, 0.05) is 30.6 Å². The average molecular weight is 553 g/mol. The molecule has 1 aromatic carbocycles. The average Bonchev–Trinajstić information content (AvgIpc) is 3.26. The summed E-state index contributed by atoms with van der Waals surface area (Å²) >= 11 is 0. The smallest absolute Gasteiger partial charge is 0.253 e. The third-order valence-electron chi connectivity index (χ3n) is 5.31. The highest BCUT2D eigenvalue weighted by atomic mass is 127. The van der Waals surface area contributed by atoms with Crippen molar-refractivity contribution in [1.82, 2.24) is 20.5 Å². The molecule has 7 nitrogen and oxygen atoms in total. The van der Waals surface area contributed by atoms with Gasteiger partial charge in [-0.05, 0) is 43.9 Å². The number of halogens is 1. The molecule has 0 unspecified atom stereocenters. The molecule has 1 aromatic heterocycles. The summed E-state index contributed by atoms with van der Waals surface area (Å²) in [5.41, 5.74) is 1.74. The van der Waals surface area contributed by atoms with Crippen LogP contribution in [0.2, 0.25) is 0 Å². The molecule has 2 N–H and O–H groups in total. The van der Waals surface area contributed by atoms with E-state index in [0.29, 0.717) is 24.9 Å². The second-order valence-corrected chi connectivity index (χ2v) is 8.97. The van der Waals surface area contributed by atoms with Crippen molar-refractivity contribution in [3.05, 3.63) is 53.2 Å². The fourth-order valence-electron chi connectivity index (χ4n) is 3.44. The minimum Gasteiger partial charge on any atom is -0.443 e. The molecular weight excluding hydrogens is 517 g/mol. The van der Waals surface area contributed by atoms with E-state index >= 15 is 0 Å². The molecule has 2 heterocycles. The number of aliphatic imine (C=N–C) groups is 1. The molecule has 1 saturated heterocycles. The Balaban J connectivity index is 0.00000363. The van der Waals surface area contributed by atoms with Gasteiger partial charge in [0.1, 0.15) is 5.76 Å². The van der Waals surface area contributed by atoms with Crippen LogP contribution in [0.4, 0.5) is 0 Å². The number of oxazole rings is 1. The van der Waals surface area contributed by atoms with Gasteiger partial charge in [0.2, 0.25) is 5.89 Å². The topological polar surface area (TPSA) is 82.8 Å². The fraction of sp³-hybridized carbons (Fsp3) is 0.542. The van der Waals surface area contributed by atoms with Gasteiger partial charge in [0.25, 0.3) is 5.91 Å². The van der Waals surface area contributed by atoms with E-state index in [1.165, 1.54) is 6.42 Å². The largest absolute Gasteiger partial charge is 0.443 e. The summed E-state index contributed by atoms with van der Waals surface area (Å²) in [7, 11) is 0. The van der Waals surface area contributed by atoms with E-state index in [-0.39, 0.29) is 35.3 Å². The predicted octanol–water partition coefficient (Wildman–Crippen LogP) is 4.47. The Bertz CT molecular complexity index is 881. The Morgan fingerprint density at radius 3 is 2.41 bits per heavy atom. The van der Waals surface area contributed by atoms with Gasteiger partial charge in [-0.2, -0.15) is 0 Å². The van der Waals surface area contributed by atoms with E-state index in [0.717, 1.165) is 49.4 Å². The van der Waals surface area contributed by atoms with Gasteiger partial charge in [-0.25, -0.2) is 9.98 Å². The summed E-state index contributed by atoms with van der Waals surface area (Å²) in [5.74, 6) is 2.33. The predicted molar refractivity (Wildman–Crippen MR) is 138 cm³/mol. The number of guanidine groups is 1. The van der Waals surface area contributed by atoms with Crippen LogP contribution in [0.25, 0.3) is 0 Å². The molecule has 3 rings (SSSR count). The molecule has 1 aliphatic rings. The number of benzene rings is 1. The lowest BCUT2D eigenvalue weighted by Gasteiger charge is -2.26. The van der Waals surface area contributed by atoms with Crippen LogP contribution < -0.4 is 10.6 Å². The van der Waals surface area contributed by atoms with Crippen LogP contribution in [0.3, 0.4) is 0 Å². The van der Waals surface area contributed by atoms with Crippen molar-refractivity contribution in [2.45, 2.75) is 65.5 Å². The van der Waals surface area contributed by atoms with E-state index in [1.807, 2.05) is 36.1 Å². The van der Waals surface area contributed by atoms with Crippen LogP contribution in [-0.2, 0) is 18.5 Å². The number of likely N-dealkylation sites (tertiary alicyclic amines) is 1. The molecule has 0 saturated carbocycles. The van der Waals surface area contributed by atoms with Crippen LogP contribution in [-0.4, -0.2) is 41.4 Å². The van der Waals surface area contributed by atoms with E-state index < -0.39 is 0 Å². The molecule has 0 atom stereocenters. The number of carbonyl (C=O) groups is 1. The summed E-state index contributed by atoms with van der Waals surface area (Å²) in [6.45, 7) is 11.8. The van der Waals surface area contributed by atoms with Gasteiger partial charge < -0.3 is 20.0 Å². The molecule has 2 aromatic rings. The first-order valence-corrected chi connectivity index (χ1v) is 11.2. The van der Waals surface area contributed by atoms with Crippen LogP contribution in [0.1, 0.15) is 74.5 Å². The van der Waals surface area contributed by atoms with Crippen molar-refractivity contribution in [3.8, 4) is 0 Å². The zero-order valence-corrected chi connectivity index (χ0v) is 21.9. The van der Waals surface area contributed by atoms with Gasteiger partial charge >= 0.3 is 0 Å². The van der Waals surface area contributed by atoms with E-state index in [9.17, 15) is 4.79 Å². The lowest BCUT2D eigenvalue weighted by Crippen LogP contribution is -2.36. The standard InChI is InChI=1S/C24H35N5O2.HI/c1-5-25-23(28-17-21-26-16-20(31-21)24(2,3)4)27-15-18-9-11-19(12-10-18)22(30)29-13-7-6-8-14-29;/h9-12,16H,5-8,13-15,17H2,1-4H3,(H2,25,27,28);1H. The molecule has 0 bridgehead atoms. The van der Waals surface area contributed by atoms with Crippen molar-refractivity contribution < 1.29 is 9.21 Å². The highest BCUT2D eigenvalue weighted by Gasteiger charge is 2.19. The third-order valence-corrected chi connectivity index (χ3v) is 5.31. The first kappa shape index (κ1) is 26.2.